The molecule has 1 aromatic carbocycles. The Hall–Kier alpha value is -3.03. The van der Waals surface area contributed by atoms with E-state index < -0.39 is 11.7 Å². The Morgan fingerprint density at radius 1 is 1.27 bits per heavy atom. The molecule has 0 aliphatic heterocycles. The summed E-state index contributed by atoms with van der Waals surface area (Å²) < 4.78 is 19.8. The molecule has 2 aromatic heterocycles. The van der Waals surface area contributed by atoms with E-state index in [1.54, 1.807) is 17.8 Å². The van der Waals surface area contributed by atoms with Crippen LogP contribution >= 0.6 is 0 Å². The highest BCUT2D eigenvalue weighted by atomic mass is 19.1. The summed E-state index contributed by atoms with van der Waals surface area (Å²) in [6, 6.07) is 6.87. The summed E-state index contributed by atoms with van der Waals surface area (Å²) in [7, 11) is 1.80. The van der Waals surface area contributed by atoms with Crippen LogP contribution in [0.25, 0.3) is 11.6 Å². The summed E-state index contributed by atoms with van der Waals surface area (Å²) in [5, 5.41) is 14.2. The molecule has 7 nitrogen and oxygen atoms in total. The second kappa shape index (κ2) is 5.40. The van der Waals surface area contributed by atoms with Crippen molar-refractivity contribution in [3.63, 3.8) is 0 Å². The van der Waals surface area contributed by atoms with Crippen molar-refractivity contribution in [2.75, 3.05) is 5.32 Å². The van der Waals surface area contributed by atoms with Crippen LogP contribution in [0, 0.1) is 12.7 Å². The maximum absolute atomic E-state index is 12.8. The monoisotopic (exact) mass is 301 g/mol. The van der Waals surface area contributed by atoms with E-state index in [2.05, 4.69) is 20.6 Å². The van der Waals surface area contributed by atoms with Crippen molar-refractivity contribution in [1.29, 1.82) is 0 Å². The molecule has 0 fully saturated rings. The number of aryl methyl sites for hydroxylation is 2. The van der Waals surface area contributed by atoms with Gasteiger partial charge in [-0.25, -0.2) is 4.39 Å². The first-order valence-corrected chi connectivity index (χ1v) is 6.44. The zero-order valence-electron chi connectivity index (χ0n) is 11.9. The highest BCUT2D eigenvalue weighted by Gasteiger charge is 2.15. The molecule has 0 unspecified atom stereocenters. The summed E-state index contributed by atoms with van der Waals surface area (Å²) in [6.07, 6.45) is 0. The number of anilines is 1. The van der Waals surface area contributed by atoms with Crippen LogP contribution in [0.2, 0.25) is 0 Å². The average Bonchev–Trinajstić information content (AvgIpc) is 3.07. The molecular weight excluding hydrogens is 289 g/mol. The van der Waals surface area contributed by atoms with Gasteiger partial charge in [0.15, 0.2) is 0 Å². The number of rotatable bonds is 3. The second-order valence-corrected chi connectivity index (χ2v) is 4.67. The van der Waals surface area contributed by atoms with Gasteiger partial charge >= 0.3 is 6.01 Å². The minimum absolute atomic E-state index is 0.0485. The third kappa shape index (κ3) is 2.71. The second-order valence-electron chi connectivity index (χ2n) is 4.67. The summed E-state index contributed by atoms with van der Waals surface area (Å²) >= 11 is 0. The molecule has 0 bridgehead atoms. The fourth-order valence-corrected chi connectivity index (χ4v) is 1.81. The van der Waals surface area contributed by atoms with Gasteiger partial charge in [-0.1, -0.05) is 5.10 Å². The van der Waals surface area contributed by atoms with E-state index in [1.807, 2.05) is 6.92 Å². The van der Waals surface area contributed by atoms with E-state index in [-0.39, 0.29) is 17.5 Å². The molecule has 1 N–H and O–H groups in total. The zero-order valence-corrected chi connectivity index (χ0v) is 11.9. The van der Waals surface area contributed by atoms with Crippen LogP contribution in [0.5, 0.6) is 0 Å². The molecule has 22 heavy (non-hydrogen) atoms. The van der Waals surface area contributed by atoms with Gasteiger partial charge in [-0.05, 0) is 37.3 Å². The fourth-order valence-electron chi connectivity index (χ4n) is 1.81. The van der Waals surface area contributed by atoms with Gasteiger partial charge in [-0.3, -0.25) is 14.8 Å². The summed E-state index contributed by atoms with van der Waals surface area (Å²) in [5.41, 5.74) is 1.75. The topological polar surface area (TPSA) is 85.8 Å². The Balaban J connectivity index is 1.76. The van der Waals surface area contributed by atoms with Crippen molar-refractivity contribution in [3.05, 3.63) is 47.4 Å². The molecule has 2 heterocycles. The first kappa shape index (κ1) is 13.9. The zero-order chi connectivity index (χ0) is 15.7. The van der Waals surface area contributed by atoms with E-state index in [0.29, 0.717) is 5.69 Å². The molecule has 3 aromatic rings. The lowest BCUT2D eigenvalue weighted by Crippen LogP contribution is -2.12. The largest absolute Gasteiger partial charge is 0.401 e. The Bertz CT molecular complexity index is 803. The van der Waals surface area contributed by atoms with Crippen molar-refractivity contribution in [3.8, 4) is 11.6 Å². The Morgan fingerprint density at radius 2 is 2.00 bits per heavy atom. The van der Waals surface area contributed by atoms with Gasteiger partial charge in [0.05, 0.1) is 0 Å². The first-order valence-electron chi connectivity index (χ1n) is 6.44. The number of nitrogens with one attached hydrogen (secondary N) is 1. The van der Waals surface area contributed by atoms with Crippen LogP contribution in [0.3, 0.4) is 0 Å². The van der Waals surface area contributed by atoms with Crippen LogP contribution in [0.4, 0.5) is 10.4 Å². The van der Waals surface area contributed by atoms with Crippen LogP contribution in [0.1, 0.15) is 16.1 Å². The molecule has 0 saturated heterocycles. The van der Waals surface area contributed by atoms with Crippen LogP contribution in [0.15, 0.2) is 34.7 Å². The normalized spacial score (nSPS) is 10.7. The third-order valence-corrected chi connectivity index (χ3v) is 3.08. The SMILES string of the molecule is Cc1cc(-c2nnc(NC(=O)c3ccc(F)cc3)o2)nn1C. The third-order valence-electron chi connectivity index (χ3n) is 3.08. The summed E-state index contributed by atoms with van der Waals surface area (Å²) in [4.78, 5) is 11.9. The number of halogens is 1. The minimum Gasteiger partial charge on any atom is -0.401 e. The van der Waals surface area contributed by atoms with Gasteiger partial charge in [0.25, 0.3) is 11.8 Å². The number of aromatic nitrogens is 4. The average molecular weight is 301 g/mol. The predicted octanol–water partition coefficient (Wildman–Crippen LogP) is 2.17. The van der Waals surface area contributed by atoms with Crippen molar-refractivity contribution < 1.29 is 13.6 Å². The van der Waals surface area contributed by atoms with E-state index in [4.69, 9.17) is 4.42 Å². The van der Waals surface area contributed by atoms with Gasteiger partial charge in [-0.15, -0.1) is 5.10 Å². The molecule has 112 valence electrons. The molecule has 1 amide bonds. The van der Waals surface area contributed by atoms with Crippen molar-refractivity contribution >= 4 is 11.9 Å². The lowest BCUT2D eigenvalue weighted by Gasteiger charge is -1.99. The molecule has 0 spiro atoms. The molecular formula is C14H12FN5O2. The van der Waals surface area contributed by atoms with E-state index >= 15 is 0 Å². The first-order chi connectivity index (χ1) is 10.5. The van der Waals surface area contributed by atoms with Gasteiger partial charge in [-0.2, -0.15) is 5.10 Å². The molecule has 0 radical (unpaired) electrons. The van der Waals surface area contributed by atoms with E-state index in [1.165, 1.54) is 24.3 Å². The maximum atomic E-state index is 12.8. The fraction of sp³-hybridized carbons (Fsp3) is 0.143. The Morgan fingerprint density at radius 3 is 2.64 bits per heavy atom. The number of carbonyl (C=O) groups excluding carboxylic acids is 1. The minimum atomic E-state index is -0.465. The van der Waals surface area contributed by atoms with Crippen molar-refractivity contribution in [2.45, 2.75) is 6.92 Å². The number of carbonyl (C=O) groups is 1. The molecule has 0 aliphatic rings. The quantitative estimate of drug-likeness (QED) is 0.801. The maximum Gasteiger partial charge on any atom is 0.322 e. The highest BCUT2D eigenvalue weighted by molar-refractivity contribution is 6.03. The smallest absolute Gasteiger partial charge is 0.322 e. The Labute approximate surface area is 124 Å². The number of hydrogen-bond donors (Lipinski definition) is 1. The van der Waals surface area contributed by atoms with Gasteiger partial charge in [0, 0.05) is 18.3 Å². The summed E-state index contributed by atoms with van der Waals surface area (Å²) in [6.45, 7) is 1.89. The van der Waals surface area contributed by atoms with Crippen LogP contribution < -0.4 is 5.32 Å². The lowest BCUT2D eigenvalue weighted by atomic mass is 10.2. The van der Waals surface area contributed by atoms with Crippen LogP contribution in [-0.4, -0.2) is 25.9 Å². The highest BCUT2D eigenvalue weighted by Crippen LogP contribution is 2.19. The Kier molecular flexibility index (Phi) is 3.42. The van der Waals surface area contributed by atoms with E-state index in [9.17, 15) is 9.18 Å². The van der Waals surface area contributed by atoms with Gasteiger partial charge < -0.3 is 4.42 Å². The molecule has 0 atom stereocenters. The lowest BCUT2D eigenvalue weighted by molar-refractivity contribution is 0.102. The van der Waals surface area contributed by atoms with Crippen molar-refractivity contribution in [2.24, 2.45) is 7.05 Å². The standard InChI is InChI=1S/C14H12FN5O2/c1-8-7-11(19-20(8)2)13-17-18-14(22-13)16-12(21)9-3-5-10(15)6-4-9/h3-7H,1-2H3,(H,16,18,21). The predicted molar refractivity (Wildman–Crippen MR) is 75.6 cm³/mol. The van der Waals surface area contributed by atoms with Crippen molar-refractivity contribution in [1.82, 2.24) is 20.0 Å². The number of nitrogens with zero attached hydrogens (tertiary/aromatic N) is 4. The van der Waals surface area contributed by atoms with E-state index in [0.717, 1.165) is 5.69 Å². The number of benzene rings is 1. The van der Waals surface area contributed by atoms with Gasteiger partial charge in [0.1, 0.15) is 11.5 Å². The number of amides is 1. The molecule has 0 aliphatic carbocycles. The molecule has 0 saturated carbocycles. The number of hydrogen-bond acceptors (Lipinski definition) is 5. The van der Waals surface area contributed by atoms with Crippen LogP contribution in [-0.2, 0) is 7.05 Å². The molecule has 3 rings (SSSR count). The van der Waals surface area contributed by atoms with Gasteiger partial charge in [0.2, 0.25) is 0 Å². The summed E-state index contributed by atoms with van der Waals surface area (Å²) in [5.74, 6) is -0.673. The molecule has 8 heteroatoms.